The van der Waals surface area contributed by atoms with Gasteiger partial charge in [0.25, 0.3) is 0 Å². The highest BCUT2D eigenvalue weighted by molar-refractivity contribution is 6.11. The van der Waals surface area contributed by atoms with Gasteiger partial charge in [-0.3, -0.25) is 0 Å². The second-order valence-electron chi connectivity index (χ2n) is 8.36. The second-order valence-corrected chi connectivity index (χ2v) is 8.36. The van der Waals surface area contributed by atoms with E-state index in [0.717, 1.165) is 28.3 Å². The molecule has 0 saturated carbocycles. The maximum absolute atomic E-state index is 12.0. The number of aromatic nitrogens is 1. The van der Waals surface area contributed by atoms with Crippen LogP contribution in [0.3, 0.4) is 0 Å². The van der Waals surface area contributed by atoms with Crippen molar-refractivity contribution >= 4 is 23.4 Å². The van der Waals surface area contributed by atoms with Crippen molar-refractivity contribution in [3.63, 3.8) is 0 Å². The Kier molecular flexibility index (Phi) is 7.00. The van der Waals surface area contributed by atoms with Gasteiger partial charge in [-0.25, -0.2) is 9.80 Å². The summed E-state index contributed by atoms with van der Waals surface area (Å²) in [5.74, 6) is -1.12. The molecule has 180 valence electrons. The Balaban J connectivity index is 1.70. The van der Waals surface area contributed by atoms with Gasteiger partial charge >= 0.3 is 5.97 Å². The summed E-state index contributed by atoms with van der Waals surface area (Å²) >= 11 is 0. The molecule has 1 aliphatic heterocycles. The van der Waals surface area contributed by atoms with Crippen LogP contribution in [0.15, 0.2) is 71.3 Å². The van der Waals surface area contributed by atoms with E-state index in [9.17, 15) is 15.3 Å². The fraction of sp³-hybridized carbons (Fsp3) is 0.214. The van der Waals surface area contributed by atoms with Crippen molar-refractivity contribution in [3.8, 4) is 17.8 Å². The van der Waals surface area contributed by atoms with Crippen molar-refractivity contribution < 1.29 is 9.53 Å². The van der Waals surface area contributed by atoms with Gasteiger partial charge in [0, 0.05) is 17.1 Å². The number of nitriles is 2. The number of carbonyl (C=O) groups is 1. The van der Waals surface area contributed by atoms with Crippen molar-refractivity contribution in [2.75, 3.05) is 11.6 Å². The maximum atomic E-state index is 12.0. The number of nitrogens with zero attached hydrogens (tertiary/aromatic N) is 5. The number of anilines is 1. The van der Waals surface area contributed by atoms with Gasteiger partial charge in [-0.2, -0.15) is 15.6 Å². The van der Waals surface area contributed by atoms with Gasteiger partial charge in [-0.1, -0.05) is 18.2 Å². The first-order valence-corrected chi connectivity index (χ1v) is 11.6. The number of hydrazone groups is 1. The standard InChI is InChI=1S/C28H26N6O2/c1-4-36-28(35)20-10-12-23(13-11-20)33-18(2)14-21(19(33)3)15-22(16-29)26-25(17-30)27(31)34(32-26)24-8-6-5-7-9-24/h5-15,25,27H,4,31H2,1-3H3/b22-15-/t25-,27+/m1/s1. The highest BCUT2D eigenvalue weighted by Crippen LogP contribution is 2.30. The summed E-state index contributed by atoms with van der Waals surface area (Å²) in [6.45, 7) is 6.01. The SMILES string of the molecule is CCOC(=O)c1ccc(-n2c(C)cc(/C=C(/C#N)C3=NN(c4ccccc4)[C@H](N)[C@@H]3C#N)c2C)cc1. The zero-order chi connectivity index (χ0) is 25.8. The topological polar surface area (TPSA) is 120 Å². The van der Waals surface area contributed by atoms with E-state index >= 15 is 0 Å². The number of ether oxygens (including phenoxy) is 1. The van der Waals surface area contributed by atoms with Crippen LogP contribution in [0.1, 0.15) is 34.2 Å². The van der Waals surface area contributed by atoms with E-state index in [-0.39, 0.29) is 11.5 Å². The molecule has 8 heteroatoms. The number of aryl methyl sites for hydroxylation is 1. The minimum atomic E-state index is -0.755. The van der Waals surface area contributed by atoms with Crippen molar-refractivity contribution in [1.29, 1.82) is 10.5 Å². The Morgan fingerprint density at radius 3 is 2.42 bits per heavy atom. The number of nitrogens with two attached hydrogens (primary N) is 1. The molecule has 2 heterocycles. The van der Waals surface area contributed by atoms with Crippen LogP contribution in [-0.4, -0.2) is 29.0 Å². The third-order valence-electron chi connectivity index (χ3n) is 6.10. The number of para-hydroxylation sites is 1. The normalized spacial score (nSPS) is 17.3. The van der Waals surface area contributed by atoms with E-state index < -0.39 is 12.1 Å². The first-order chi connectivity index (χ1) is 17.4. The molecular formula is C28H26N6O2. The van der Waals surface area contributed by atoms with Crippen LogP contribution >= 0.6 is 0 Å². The zero-order valence-corrected chi connectivity index (χ0v) is 20.3. The van der Waals surface area contributed by atoms with Crippen LogP contribution in [0, 0.1) is 42.4 Å². The Bertz CT molecular complexity index is 1420. The molecule has 1 aliphatic rings. The molecule has 0 unspecified atom stereocenters. The fourth-order valence-electron chi connectivity index (χ4n) is 4.33. The Hall–Kier alpha value is -4.66. The van der Waals surface area contributed by atoms with E-state index in [4.69, 9.17) is 10.5 Å². The minimum absolute atomic E-state index is 0.286. The van der Waals surface area contributed by atoms with Gasteiger partial charge in [-0.05, 0) is 74.9 Å². The van der Waals surface area contributed by atoms with Gasteiger partial charge in [0.15, 0.2) is 0 Å². The van der Waals surface area contributed by atoms with Crippen LogP contribution in [0.25, 0.3) is 11.8 Å². The molecule has 0 aliphatic carbocycles. The summed E-state index contributed by atoms with van der Waals surface area (Å²) in [5.41, 5.74) is 11.8. The molecule has 36 heavy (non-hydrogen) atoms. The summed E-state index contributed by atoms with van der Waals surface area (Å²) in [7, 11) is 0. The Labute approximate surface area is 210 Å². The lowest BCUT2D eigenvalue weighted by Gasteiger charge is -2.21. The number of esters is 1. The molecule has 0 amide bonds. The summed E-state index contributed by atoms with van der Waals surface area (Å²) in [6, 6.07) is 22.9. The average Bonchev–Trinajstić information content (AvgIpc) is 3.37. The predicted molar refractivity (Wildman–Crippen MR) is 138 cm³/mol. The van der Waals surface area contributed by atoms with E-state index in [1.807, 2.05) is 66.9 Å². The van der Waals surface area contributed by atoms with Crippen molar-refractivity contribution in [1.82, 2.24) is 4.57 Å². The number of hydrogen-bond acceptors (Lipinski definition) is 7. The Morgan fingerprint density at radius 2 is 1.81 bits per heavy atom. The van der Waals surface area contributed by atoms with Crippen molar-refractivity contribution in [2.45, 2.75) is 26.9 Å². The summed E-state index contributed by atoms with van der Waals surface area (Å²) < 4.78 is 7.10. The first-order valence-electron chi connectivity index (χ1n) is 11.6. The van der Waals surface area contributed by atoms with Gasteiger partial charge in [0.1, 0.15) is 18.2 Å². The van der Waals surface area contributed by atoms with Crippen LogP contribution in [0.4, 0.5) is 5.69 Å². The molecule has 0 saturated heterocycles. The molecular weight excluding hydrogens is 452 g/mol. The number of carbonyl (C=O) groups excluding carboxylic acids is 1. The monoisotopic (exact) mass is 478 g/mol. The molecule has 0 bridgehead atoms. The van der Waals surface area contributed by atoms with E-state index in [1.165, 1.54) is 0 Å². The summed E-state index contributed by atoms with van der Waals surface area (Å²) in [6.07, 6.45) is 1.05. The molecule has 8 nitrogen and oxygen atoms in total. The highest BCUT2D eigenvalue weighted by atomic mass is 16.5. The smallest absolute Gasteiger partial charge is 0.338 e. The van der Waals surface area contributed by atoms with E-state index in [1.54, 1.807) is 30.1 Å². The highest BCUT2D eigenvalue weighted by Gasteiger charge is 2.37. The quantitative estimate of drug-likeness (QED) is 0.412. The summed E-state index contributed by atoms with van der Waals surface area (Å²) in [4.78, 5) is 12.0. The maximum Gasteiger partial charge on any atom is 0.338 e. The molecule has 0 fully saturated rings. The predicted octanol–water partition coefficient (Wildman–Crippen LogP) is 4.48. The van der Waals surface area contributed by atoms with Crippen LogP contribution in [-0.2, 0) is 4.74 Å². The average molecular weight is 479 g/mol. The first kappa shape index (κ1) is 24.5. The molecule has 3 aromatic rings. The fourth-order valence-corrected chi connectivity index (χ4v) is 4.33. The van der Waals surface area contributed by atoms with Crippen molar-refractivity contribution in [2.24, 2.45) is 16.8 Å². The molecule has 2 N–H and O–H groups in total. The van der Waals surface area contributed by atoms with Crippen LogP contribution in [0.5, 0.6) is 0 Å². The van der Waals surface area contributed by atoms with Gasteiger partial charge in [0.2, 0.25) is 0 Å². The van der Waals surface area contributed by atoms with E-state index in [2.05, 4.69) is 17.2 Å². The molecule has 2 atom stereocenters. The molecule has 2 aromatic carbocycles. The third-order valence-corrected chi connectivity index (χ3v) is 6.10. The lowest BCUT2D eigenvalue weighted by Crippen LogP contribution is -2.40. The van der Waals surface area contributed by atoms with Crippen molar-refractivity contribution in [3.05, 3.63) is 88.8 Å². The van der Waals surface area contributed by atoms with Gasteiger partial charge < -0.3 is 15.0 Å². The van der Waals surface area contributed by atoms with E-state index in [0.29, 0.717) is 17.9 Å². The van der Waals surface area contributed by atoms with Crippen LogP contribution in [0.2, 0.25) is 0 Å². The lowest BCUT2D eigenvalue weighted by atomic mass is 9.95. The lowest BCUT2D eigenvalue weighted by molar-refractivity contribution is 0.0526. The second kappa shape index (κ2) is 10.3. The Morgan fingerprint density at radius 1 is 1.11 bits per heavy atom. The zero-order valence-electron chi connectivity index (χ0n) is 20.3. The molecule has 0 radical (unpaired) electrons. The minimum Gasteiger partial charge on any atom is -0.462 e. The number of rotatable bonds is 6. The molecule has 4 rings (SSSR count). The number of benzene rings is 2. The molecule has 0 spiro atoms. The summed E-state index contributed by atoms with van der Waals surface area (Å²) in [5, 5.41) is 26.0. The largest absolute Gasteiger partial charge is 0.462 e. The number of allylic oxidation sites excluding steroid dienone is 1. The third kappa shape index (κ3) is 4.50. The van der Waals surface area contributed by atoms with Crippen LogP contribution < -0.4 is 10.7 Å². The van der Waals surface area contributed by atoms with Gasteiger partial charge in [0.05, 0.1) is 35.2 Å². The number of hydrogen-bond donors (Lipinski definition) is 1. The molecule has 1 aromatic heterocycles. The van der Waals surface area contributed by atoms with Gasteiger partial charge in [-0.15, -0.1) is 0 Å².